The quantitative estimate of drug-likeness (QED) is 0.0204. The van der Waals surface area contributed by atoms with Crippen molar-refractivity contribution < 1.29 is 37.3 Å². The Morgan fingerprint density at radius 2 is 1.12 bits per heavy atom. The summed E-state index contributed by atoms with van der Waals surface area (Å²) in [5.41, 5.74) is 0. The van der Waals surface area contributed by atoms with E-state index in [4.69, 9.17) is 18.5 Å². The molecule has 0 saturated heterocycles. The Labute approximate surface area is 320 Å². The van der Waals surface area contributed by atoms with Crippen LogP contribution in [0.5, 0.6) is 0 Å². The number of quaternary nitrogens is 1. The Kier molecular flexibility index (Phi) is 35.4. The van der Waals surface area contributed by atoms with E-state index in [9.17, 15) is 14.3 Å². The van der Waals surface area contributed by atoms with Gasteiger partial charge in [-0.15, -0.1) is 0 Å². The van der Waals surface area contributed by atoms with E-state index in [1.165, 1.54) is 83.5 Å². The van der Waals surface area contributed by atoms with Crippen molar-refractivity contribution in [2.24, 2.45) is 0 Å². The highest BCUT2D eigenvalue weighted by Gasteiger charge is 2.20. The van der Waals surface area contributed by atoms with E-state index in [1.807, 2.05) is 21.1 Å². The van der Waals surface area contributed by atoms with Gasteiger partial charge < -0.3 is 27.9 Å². The molecule has 0 aliphatic carbocycles. The lowest BCUT2D eigenvalue weighted by Gasteiger charge is -2.28. The smallest absolute Gasteiger partial charge is 0.306 e. The van der Waals surface area contributed by atoms with Crippen LogP contribution in [-0.2, 0) is 27.9 Å². The molecule has 0 aromatic heterocycles. The molecule has 0 aromatic carbocycles. The number of esters is 1. The van der Waals surface area contributed by atoms with E-state index in [0.717, 1.165) is 57.8 Å². The minimum Gasteiger partial charge on any atom is -0.756 e. The van der Waals surface area contributed by atoms with Crippen LogP contribution < -0.4 is 4.89 Å². The molecule has 0 rings (SSSR count). The van der Waals surface area contributed by atoms with E-state index in [1.54, 1.807) is 0 Å². The molecule has 304 valence electrons. The Morgan fingerprint density at radius 1 is 0.615 bits per heavy atom. The van der Waals surface area contributed by atoms with Crippen molar-refractivity contribution in [3.8, 4) is 0 Å². The number of nitrogens with zero attached hydrogens (tertiary/aromatic N) is 1. The van der Waals surface area contributed by atoms with Crippen molar-refractivity contribution in [3.63, 3.8) is 0 Å². The molecule has 0 aliphatic rings. The first-order valence-electron chi connectivity index (χ1n) is 20.9. The largest absolute Gasteiger partial charge is 0.756 e. The van der Waals surface area contributed by atoms with Crippen molar-refractivity contribution in [1.29, 1.82) is 0 Å². The second-order valence-corrected chi connectivity index (χ2v) is 16.4. The fourth-order valence-electron chi connectivity index (χ4n) is 5.42. The fraction of sp³-hybridized carbons (Fsp3) is 0.791. The lowest BCUT2D eigenvalue weighted by Crippen LogP contribution is -2.37. The molecule has 8 nitrogen and oxygen atoms in total. The van der Waals surface area contributed by atoms with Crippen molar-refractivity contribution in [3.05, 3.63) is 48.6 Å². The highest BCUT2D eigenvalue weighted by atomic mass is 31.2. The maximum Gasteiger partial charge on any atom is 0.306 e. The van der Waals surface area contributed by atoms with Crippen LogP contribution in [0.25, 0.3) is 0 Å². The number of unbranched alkanes of at least 4 members (excludes halogenated alkanes) is 16. The monoisotopic (exact) mass is 754 g/mol. The van der Waals surface area contributed by atoms with Gasteiger partial charge in [-0.3, -0.25) is 9.36 Å². The van der Waals surface area contributed by atoms with Crippen LogP contribution in [0.2, 0.25) is 0 Å². The minimum absolute atomic E-state index is 0.0248. The topological polar surface area (TPSA) is 94.1 Å². The number of hydrogen-bond donors (Lipinski definition) is 0. The van der Waals surface area contributed by atoms with Crippen LogP contribution in [0.3, 0.4) is 0 Å². The summed E-state index contributed by atoms with van der Waals surface area (Å²) in [7, 11) is 1.35. The molecule has 0 bridgehead atoms. The molecular formula is C43H80NO7P. The van der Waals surface area contributed by atoms with Crippen molar-refractivity contribution in [2.75, 3.05) is 54.1 Å². The predicted octanol–water partition coefficient (Wildman–Crippen LogP) is 11.4. The van der Waals surface area contributed by atoms with E-state index < -0.39 is 13.9 Å². The van der Waals surface area contributed by atoms with Gasteiger partial charge in [0.05, 0.1) is 34.4 Å². The van der Waals surface area contributed by atoms with Crippen LogP contribution in [0.15, 0.2) is 48.6 Å². The first-order chi connectivity index (χ1) is 25.1. The zero-order chi connectivity index (χ0) is 38.4. The molecular weight excluding hydrogens is 673 g/mol. The van der Waals surface area contributed by atoms with Crippen LogP contribution in [-0.4, -0.2) is 70.7 Å². The Hall–Kier alpha value is -1.54. The van der Waals surface area contributed by atoms with E-state index in [0.29, 0.717) is 24.1 Å². The van der Waals surface area contributed by atoms with Gasteiger partial charge in [-0.25, -0.2) is 0 Å². The molecule has 0 heterocycles. The minimum atomic E-state index is -4.51. The molecule has 9 heteroatoms. The van der Waals surface area contributed by atoms with Gasteiger partial charge in [-0.1, -0.05) is 152 Å². The van der Waals surface area contributed by atoms with Gasteiger partial charge in [0.2, 0.25) is 0 Å². The van der Waals surface area contributed by atoms with Gasteiger partial charge in [-0.05, 0) is 51.4 Å². The zero-order valence-corrected chi connectivity index (χ0v) is 35.1. The van der Waals surface area contributed by atoms with Gasteiger partial charge in [0.15, 0.2) is 0 Å². The molecule has 0 radical (unpaired) electrons. The maximum atomic E-state index is 12.5. The molecule has 52 heavy (non-hydrogen) atoms. The molecule has 2 atom stereocenters. The number of hydrogen-bond acceptors (Lipinski definition) is 7. The predicted molar refractivity (Wildman–Crippen MR) is 217 cm³/mol. The van der Waals surface area contributed by atoms with E-state index in [-0.39, 0.29) is 25.8 Å². The maximum absolute atomic E-state index is 12.5. The molecule has 0 amide bonds. The van der Waals surface area contributed by atoms with Gasteiger partial charge in [0.1, 0.15) is 19.3 Å². The number of ether oxygens (including phenoxy) is 2. The lowest BCUT2D eigenvalue weighted by molar-refractivity contribution is -0.870. The second-order valence-electron chi connectivity index (χ2n) is 15.0. The van der Waals surface area contributed by atoms with Gasteiger partial charge in [0, 0.05) is 13.0 Å². The SMILES string of the molecule is CC/C=C\C/C=C\C/C=C\C/C=C\CCCCCCCCCCCCCOCC(COP(=O)([O-])OCC[N+](C)(C)C)OC(=O)CCCCCCCC. The molecule has 0 fully saturated rings. The molecule has 0 aliphatic heterocycles. The van der Waals surface area contributed by atoms with Crippen molar-refractivity contribution in [2.45, 2.75) is 168 Å². The van der Waals surface area contributed by atoms with Gasteiger partial charge in [-0.2, -0.15) is 0 Å². The Balaban J connectivity index is 4.00. The Bertz CT molecular complexity index is 973. The van der Waals surface area contributed by atoms with Crippen molar-refractivity contribution >= 4 is 13.8 Å². The van der Waals surface area contributed by atoms with E-state index in [2.05, 4.69) is 62.5 Å². The third kappa shape index (κ3) is 39.7. The number of phosphoric ester groups is 1. The van der Waals surface area contributed by atoms with Crippen LogP contribution in [0.1, 0.15) is 162 Å². The van der Waals surface area contributed by atoms with Crippen LogP contribution in [0.4, 0.5) is 0 Å². The summed E-state index contributed by atoms with van der Waals surface area (Å²) in [6, 6.07) is 0. The van der Waals surface area contributed by atoms with Crippen LogP contribution in [0, 0.1) is 0 Å². The number of allylic oxidation sites excluding steroid dienone is 8. The fourth-order valence-corrected chi connectivity index (χ4v) is 6.15. The normalized spacial score (nSPS) is 14.3. The summed E-state index contributed by atoms with van der Waals surface area (Å²) < 4.78 is 34.3. The summed E-state index contributed by atoms with van der Waals surface area (Å²) in [6.07, 6.45) is 43.0. The lowest BCUT2D eigenvalue weighted by atomic mass is 10.1. The average molecular weight is 754 g/mol. The number of carbonyl (C=O) groups is 1. The summed E-state index contributed by atoms with van der Waals surface area (Å²) in [5.74, 6) is -0.346. The molecule has 0 N–H and O–H groups in total. The highest BCUT2D eigenvalue weighted by Crippen LogP contribution is 2.38. The third-order valence-electron chi connectivity index (χ3n) is 8.64. The van der Waals surface area contributed by atoms with E-state index >= 15 is 0 Å². The van der Waals surface area contributed by atoms with Crippen LogP contribution >= 0.6 is 7.82 Å². The number of carbonyl (C=O) groups excluding carboxylic acids is 1. The number of rotatable bonds is 38. The van der Waals surface area contributed by atoms with Gasteiger partial charge >= 0.3 is 5.97 Å². The van der Waals surface area contributed by atoms with Crippen molar-refractivity contribution in [1.82, 2.24) is 0 Å². The first kappa shape index (κ1) is 50.5. The first-order valence-corrected chi connectivity index (χ1v) is 22.3. The average Bonchev–Trinajstić information content (AvgIpc) is 3.09. The molecule has 0 saturated carbocycles. The van der Waals surface area contributed by atoms with Gasteiger partial charge in [0.25, 0.3) is 7.82 Å². The third-order valence-corrected chi connectivity index (χ3v) is 9.61. The summed E-state index contributed by atoms with van der Waals surface area (Å²) >= 11 is 0. The summed E-state index contributed by atoms with van der Waals surface area (Å²) in [4.78, 5) is 24.8. The molecule has 0 aromatic rings. The zero-order valence-electron chi connectivity index (χ0n) is 34.2. The number of likely N-dealkylation sites (N-methyl/N-ethyl adjacent to an activating group) is 1. The number of phosphoric acid groups is 1. The summed E-state index contributed by atoms with van der Waals surface area (Å²) in [5, 5.41) is 0. The highest BCUT2D eigenvalue weighted by molar-refractivity contribution is 7.45. The molecule has 0 spiro atoms. The molecule has 2 unspecified atom stereocenters. The standard InChI is InChI=1S/C43H80NO7P/c1-6-8-10-12-14-15-16-17-18-19-20-21-22-23-24-25-26-27-28-29-30-31-33-35-38-48-40-42(51-43(45)36-34-32-13-11-9-7-2)41-50-52(46,47)49-39-37-44(3,4)5/h8,10,14-15,17-18,20-21,42H,6-7,9,11-13,16,19,22-41H2,1-5H3/b10-8-,15-14-,18-17-,21-20-. The Morgan fingerprint density at radius 3 is 1.67 bits per heavy atom. The summed E-state index contributed by atoms with van der Waals surface area (Å²) in [6.45, 7) is 5.22. The second kappa shape index (κ2) is 36.4.